The number of amides is 2. The van der Waals surface area contributed by atoms with Crippen molar-refractivity contribution in [2.24, 2.45) is 0 Å². The zero-order valence-electron chi connectivity index (χ0n) is 10.5. The van der Waals surface area contributed by atoms with Gasteiger partial charge in [0.15, 0.2) is 0 Å². The Kier molecular flexibility index (Phi) is 4.34. The zero-order chi connectivity index (χ0) is 14.7. The summed E-state index contributed by atoms with van der Waals surface area (Å²) in [5.74, 6) is -1.32. The van der Waals surface area contributed by atoms with Gasteiger partial charge in [-0.25, -0.2) is 13.6 Å². The van der Waals surface area contributed by atoms with E-state index in [4.69, 9.17) is 0 Å². The van der Waals surface area contributed by atoms with Crippen molar-refractivity contribution in [3.63, 3.8) is 0 Å². The third kappa shape index (κ3) is 3.54. The number of aryl methyl sites for hydroxylation is 1. The van der Waals surface area contributed by atoms with Crippen molar-refractivity contribution in [2.75, 3.05) is 10.6 Å². The van der Waals surface area contributed by atoms with Gasteiger partial charge in [-0.3, -0.25) is 0 Å². The van der Waals surface area contributed by atoms with E-state index in [0.29, 0.717) is 5.69 Å². The Morgan fingerprint density at radius 3 is 2.45 bits per heavy atom. The second-order valence-corrected chi connectivity index (χ2v) is 5.08. The van der Waals surface area contributed by atoms with Crippen molar-refractivity contribution >= 4 is 33.3 Å². The number of hydrogen-bond acceptors (Lipinski definition) is 1. The van der Waals surface area contributed by atoms with Gasteiger partial charge in [0.05, 0.1) is 5.69 Å². The highest BCUT2D eigenvalue weighted by atomic mass is 79.9. The number of benzene rings is 2. The van der Waals surface area contributed by atoms with Crippen molar-refractivity contribution in [3.05, 3.63) is 58.1 Å². The SMILES string of the molecule is Cc1cc(Br)ccc1NC(=O)Nc1cc(F)ccc1F. The molecule has 0 aliphatic rings. The van der Waals surface area contributed by atoms with E-state index in [1.165, 1.54) is 0 Å². The molecular weight excluding hydrogens is 330 g/mol. The van der Waals surface area contributed by atoms with E-state index in [9.17, 15) is 13.6 Å². The molecule has 2 amide bonds. The number of urea groups is 1. The predicted molar refractivity (Wildman–Crippen MR) is 77.9 cm³/mol. The molecule has 2 aromatic carbocycles. The molecule has 20 heavy (non-hydrogen) atoms. The number of rotatable bonds is 2. The summed E-state index contributed by atoms with van der Waals surface area (Å²) in [7, 11) is 0. The fourth-order valence-corrected chi connectivity index (χ4v) is 2.11. The molecule has 0 bridgehead atoms. The maximum Gasteiger partial charge on any atom is 0.323 e. The van der Waals surface area contributed by atoms with Crippen molar-refractivity contribution in [3.8, 4) is 0 Å². The third-order valence-corrected chi connectivity index (χ3v) is 3.11. The molecule has 0 radical (unpaired) electrons. The summed E-state index contributed by atoms with van der Waals surface area (Å²) >= 11 is 3.31. The van der Waals surface area contributed by atoms with Crippen LogP contribution in [-0.2, 0) is 0 Å². The fourth-order valence-electron chi connectivity index (χ4n) is 1.64. The minimum Gasteiger partial charge on any atom is -0.307 e. The molecule has 0 saturated carbocycles. The summed E-state index contributed by atoms with van der Waals surface area (Å²) in [6.45, 7) is 1.82. The Balaban J connectivity index is 2.11. The van der Waals surface area contributed by atoms with Crippen LogP contribution in [0.5, 0.6) is 0 Å². The number of nitrogens with one attached hydrogen (secondary N) is 2. The van der Waals surface area contributed by atoms with Gasteiger partial charge in [0.1, 0.15) is 11.6 Å². The van der Waals surface area contributed by atoms with Crippen LogP contribution in [0.3, 0.4) is 0 Å². The van der Waals surface area contributed by atoms with Crippen LogP contribution in [0.15, 0.2) is 40.9 Å². The average Bonchev–Trinajstić information content (AvgIpc) is 2.37. The molecule has 2 aromatic rings. The van der Waals surface area contributed by atoms with E-state index in [1.54, 1.807) is 12.1 Å². The number of anilines is 2. The van der Waals surface area contributed by atoms with Crippen molar-refractivity contribution < 1.29 is 13.6 Å². The summed E-state index contributed by atoms with van der Waals surface area (Å²) in [5.41, 5.74) is 1.22. The summed E-state index contributed by atoms with van der Waals surface area (Å²) < 4.78 is 27.3. The van der Waals surface area contributed by atoms with Gasteiger partial charge < -0.3 is 10.6 Å². The molecule has 0 saturated heterocycles. The molecule has 2 N–H and O–H groups in total. The minimum atomic E-state index is -0.700. The van der Waals surface area contributed by atoms with Crippen molar-refractivity contribution in [2.45, 2.75) is 6.92 Å². The van der Waals surface area contributed by atoms with Gasteiger partial charge in [-0.15, -0.1) is 0 Å². The molecule has 0 aromatic heterocycles. The van der Waals surface area contributed by atoms with Gasteiger partial charge in [0, 0.05) is 16.2 Å². The molecule has 6 heteroatoms. The van der Waals surface area contributed by atoms with Gasteiger partial charge in [-0.1, -0.05) is 15.9 Å². The first-order valence-corrected chi connectivity index (χ1v) is 6.54. The maximum absolute atomic E-state index is 13.4. The quantitative estimate of drug-likeness (QED) is 0.818. The molecule has 0 heterocycles. The summed E-state index contributed by atoms with van der Waals surface area (Å²) in [4.78, 5) is 11.8. The third-order valence-electron chi connectivity index (χ3n) is 2.61. The minimum absolute atomic E-state index is 0.211. The molecule has 0 aliphatic heterocycles. The summed E-state index contributed by atoms with van der Waals surface area (Å²) in [6.07, 6.45) is 0. The largest absolute Gasteiger partial charge is 0.323 e. The Bertz CT molecular complexity index is 662. The lowest BCUT2D eigenvalue weighted by Gasteiger charge is -2.10. The number of hydrogen-bond donors (Lipinski definition) is 2. The summed E-state index contributed by atoms with van der Waals surface area (Å²) in [5, 5.41) is 4.84. The molecule has 2 rings (SSSR count). The van der Waals surface area contributed by atoms with Gasteiger partial charge in [-0.2, -0.15) is 0 Å². The molecule has 0 unspecified atom stereocenters. The zero-order valence-corrected chi connectivity index (χ0v) is 12.1. The van der Waals surface area contributed by atoms with Crippen LogP contribution in [-0.4, -0.2) is 6.03 Å². The molecule has 3 nitrogen and oxygen atoms in total. The van der Waals surface area contributed by atoms with Gasteiger partial charge >= 0.3 is 6.03 Å². The highest BCUT2D eigenvalue weighted by molar-refractivity contribution is 9.10. The molecule has 0 aliphatic carbocycles. The second-order valence-electron chi connectivity index (χ2n) is 4.16. The van der Waals surface area contributed by atoms with E-state index in [-0.39, 0.29) is 5.69 Å². The van der Waals surface area contributed by atoms with Gasteiger partial charge in [0.2, 0.25) is 0 Å². The van der Waals surface area contributed by atoms with Crippen LogP contribution in [0.1, 0.15) is 5.56 Å². The Morgan fingerprint density at radius 2 is 1.75 bits per heavy atom. The number of carbonyl (C=O) groups excluding carboxylic acids is 1. The molecule has 0 atom stereocenters. The lowest BCUT2D eigenvalue weighted by atomic mass is 10.2. The van der Waals surface area contributed by atoms with E-state index < -0.39 is 17.7 Å². The molecule has 0 fully saturated rings. The number of halogens is 3. The standard InChI is InChI=1S/C14H11BrF2N2O/c1-8-6-9(15)2-5-12(8)18-14(20)19-13-7-10(16)3-4-11(13)17/h2-7H,1H3,(H2,18,19,20). The predicted octanol–water partition coefficient (Wildman–Crippen LogP) is 4.68. The topological polar surface area (TPSA) is 41.1 Å². The van der Waals surface area contributed by atoms with Crippen LogP contribution < -0.4 is 10.6 Å². The fraction of sp³-hybridized carbons (Fsp3) is 0.0714. The first-order chi connectivity index (χ1) is 9.45. The normalized spacial score (nSPS) is 10.2. The number of carbonyl (C=O) groups is 1. The van der Waals surface area contributed by atoms with Crippen LogP contribution in [0.2, 0.25) is 0 Å². The highest BCUT2D eigenvalue weighted by Crippen LogP contribution is 2.21. The van der Waals surface area contributed by atoms with Crippen LogP contribution in [0.25, 0.3) is 0 Å². The van der Waals surface area contributed by atoms with E-state index >= 15 is 0 Å². The Morgan fingerprint density at radius 1 is 1.05 bits per heavy atom. The van der Waals surface area contributed by atoms with Crippen LogP contribution in [0.4, 0.5) is 25.0 Å². The summed E-state index contributed by atoms with van der Waals surface area (Å²) in [6, 6.07) is 7.53. The molecule has 0 spiro atoms. The van der Waals surface area contributed by atoms with E-state index in [2.05, 4.69) is 26.6 Å². The molecule has 104 valence electrons. The van der Waals surface area contributed by atoms with Crippen molar-refractivity contribution in [1.29, 1.82) is 0 Å². The van der Waals surface area contributed by atoms with Gasteiger partial charge in [-0.05, 0) is 42.8 Å². The maximum atomic E-state index is 13.4. The second kappa shape index (κ2) is 6.00. The first-order valence-electron chi connectivity index (χ1n) is 5.75. The van der Waals surface area contributed by atoms with E-state index in [0.717, 1.165) is 28.2 Å². The molecular formula is C14H11BrF2N2O. The lowest BCUT2D eigenvalue weighted by molar-refractivity contribution is 0.262. The lowest BCUT2D eigenvalue weighted by Crippen LogP contribution is -2.20. The van der Waals surface area contributed by atoms with E-state index in [1.807, 2.05) is 13.0 Å². The smallest absolute Gasteiger partial charge is 0.307 e. The monoisotopic (exact) mass is 340 g/mol. The van der Waals surface area contributed by atoms with Crippen LogP contribution >= 0.6 is 15.9 Å². The first kappa shape index (κ1) is 14.5. The van der Waals surface area contributed by atoms with Crippen LogP contribution in [0, 0.1) is 18.6 Å². The Labute approximate surface area is 123 Å². The van der Waals surface area contributed by atoms with Gasteiger partial charge in [0.25, 0.3) is 0 Å². The van der Waals surface area contributed by atoms with Crippen molar-refractivity contribution in [1.82, 2.24) is 0 Å². The Hall–Kier alpha value is -1.95. The average molecular weight is 341 g/mol. The highest BCUT2D eigenvalue weighted by Gasteiger charge is 2.09.